The summed E-state index contributed by atoms with van der Waals surface area (Å²) in [7, 11) is 0. The van der Waals surface area contributed by atoms with Gasteiger partial charge >= 0.3 is 0 Å². The van der Waals surface area contributed by atoms with Crippen molar-refractivity contribution in [2.45, 2.75) is 53.3 Å². The van der Waals surface area contributed by atoms with E-state index in [1.54, 1.807) is 12.1 Å². The maximum absolute atomic E-state index is 12.7. The van der Waals surface area contributed by atoms with Crippen LogP contribution in [0.5, 0.6) is 0 Å². The molecular weight excluding hydrogens is 800 g/mol. The predicted octanol–water partition coefficient (Wildman–Crippen LogP) is 11.3. The van der Waals surface area contributed by atoms with E-state index in [2.05, 4.69) is 90.8 Å². The number of aryl methyl sites for hydroxylation is 2. The third kappa shape index (κ3) is 6.51. The Kier molecular flexibility index (Phi) is 8.99. The summed E-state index contributed by atoms with van der Waals surface area (Å²) in [5.74, 6) is 1.16. The molecule has 0 saturated heterocycles. The molecule has 0 atom stereocenters. The number of benzene rings is 4. The molecule has 4 aromatic carbocycles. The van der Waals surface area contributed by atoms with Crippen LogP contribution in [0.25, 0.3) is 61.3 Å². The summed E-state index contributed by atoms with van der Waals surface area (Å²) < 4.78 is 43.1. The Hall–Kier alpha value is -4.97. The molecule has 0 aliphatic rings. The third-order valence-corrected chi connectivity index (χ3v) is 8.70. The van der Waals surface area contributed by atoms with Crippen LogP contribution in [0, 0.1) is 31.7 Å². The second kappa shape index (κ2) is 14.5. The Labute approximate surface area is 309 Å². The first-order chi connectivity index (χ1) is 24.9. The van der Waals surface area contributed by atoms with Crippen LogP contribution in [0.3, 0.4) is 0 Å². The van der Waals surface area contributed by atoms with Crippen molar-refractivity contribution in [3.8, 4) is 28.3 Å². The van der Waals surface area contributed by atoms with Crippen molar-refractivity contribution in [1.82, 2.24) is 19.5 Å². The van der Waals surface area contributed by atoms with E-state index < -0.39 is 6.85 Å². The van der Waals surface area contributed by atoms with E-state index in [0.717, 1.165) is 50.1 Å². The van der Waals surface area contributed by atoms with Gasteiger partial charge in [0.2, 0.25) is 0 Å². The Bertz CT molecular complexity index is 2510. The van der Waals surface area contributed by atoms with Crippen LogP contribution in [-0.4, -0.2) is 19.5 Å². The number of para-hydroxylation sites is 2. The third-order valence-electron chi connectivity index (χ3n) is 8.70. The average Bonchev–Trinajstić information content (AvgIpc) is 3.71. The molecule has 0 saturated carbocycles. The molecule has 0 aliphatic carbocycles. The summed E-state index contributed by atoms with van der Waals surface area (Å²) in [5.41, 5.74) is 10.6. The quantitative estimate of drug-likeness (QED) is 0.162. The molecular formula is C43H37FIrN4O-2. The number of hydrogen-bond acceptors (Lipinski definition) is 4. The minimum atomic E-state index is -2.15. The normalized spacial score (nSPS) is 12.4. The molecule has 0 N–H and O–H groups in total. The molecule has 4 aromatic heterocycles. The first-order valence-electron chi connectivity index (χ1n) is 17.9. The number of aromatic nitrogens is 4. The number of furan rings is 1. The zero-order valence-corrected chi connectivity index (χ0v) is 30.8. The van der Waals surface area contributed by atoms with Crippen molar-refractivity contribution >= 4 is 33.0 Å². The van der Waals surface area contributed by atoms with Crippen LogP contribution < -0.4 is 0 Å². The van der Waals surface area contributed by atoms with Gasteiger partial charge in [-0.25, -0.2) is 0 Å². The molecule has 5 nitrogen and oxygen atoms in total. The number of imidazole rings is 1. The summed E-state index contributed by atoms with van der Waals surface area (Å²) in [6.45, 7) is 8.87. The molecule has 253 valence electrons. The molecule has 0 spiro atoms. The zero-order valence-electron chi connectivity index (χ0n) is 31.4. The SMILES string of the molecule is Cc1nccc2c1nc(-c1[c-]ccc3c1oc1ccccc13)n2-c1c(C(C)C)cccc1C(C)C.[2H]C([2H])([2H])c1ccc(-c2[c-]cc(F)cc2)nc1.[Ir]. The molecule has 4 heterocycles. The van der Waals surface area contributed by atoms with E-state index in [1.165, 1.54) is 41.2 Å². The van der Waals surface area contributed by atoms with Gasteiger partial charge in [0.15, 0.2) is 0 Å². The van der Waals surface area contributed by atoms with Crippen molar-refractivity contribution in [3.05, 3.63) is 144 Å². The predicted molar refractivity (Wildman–Crippen MR) is 197 cm³/mol. The fraction of sp³-hybridized carbons (Fsp3) is 0.186. The molecule has 8 rings (SSSR count). The van der Waals surface area contributed by atoms with Gasteiger partial charge in [-0.15, -0.1) is 48.0 Å². The van der Waals surface area contributed by atoms with Crippen molar-refractivity contribution < 1.29 is 33.0 Å². The fourth-order valence-corrected chi connectivity index (χ4v) is 6.27. The van der Waals surface area contributed by atoms with Crippen molar-refractivity contribution in [3.63, 3.8) is 0 Å². The van der Waals surface area contributed by atoms with E-state index in [9.17, 15) is 4.39 Å². The maximum atomic E-state index is 12.7. The Balaban J connectivity index is 0.000000226. The van der Waals surface area contributed by atoms with E-state index in [1.807, 2.05) is 37.4 Å². The molecule has 0 unspecified atom stereocenters. The van der Waals surface area contributed by atoms with E-state index >= 15 is 0 Å². The van der Waals surface area contributed by atoms with Crippen LogP contribution >= 0.6 is 0 Å². The van der Waals surface area contributed by atoms with Crippen LogP contribution in [0.1, 0.15) is 66.0 Å². The Morgan fingerprint density at radius 2 is 1.62 bits per heavy atom. The molecule has 1 radical (unpaired) electrons. The minimum absolute atomic E-state index is 0. The number of rotatable bonds is 5. The van der Waals surface area contributed by atoms with E-state index in [4.69, 9.17) is 13.5 Å². The van der Waals surface area contributed by atoms with Crippen LogP contribution in [0.4, 0.5) is 4.39 Å². The van der Waals surface area contributed by atoms with E-state index in [0.29, 0.717) is 23.1 Å². The summed E-state index contributed by atoms with van der Waals surface area (Å²) in [5, 5.41) is 2.17. The molecule has 0 fully saturated rings. The van der Waals surface area contributed by atoms with Gasteiger partial charge in [0.1, 0.15) is 5.58 Å². The van der Waals surface area contributed by atoms with Crippen LogP contribution in [-0.2, 0) is 20.1 Å². The van der Waals surface area contributed by atoms with Crippen LogP contribution in [0.2, 0.25) is 0 Å². The van der Waals surface area contributed by atoms with Crippen molar-refractivity contribution in [2.24, 2.45) is 0 Å². The zero-order chi connectivity index (χ0) is 36.7. The van der Waals surface area contributed by atoms with Crippen LogP contribution in [0.15, 0.2) is 108 Å². The van der Waals surface area contributed by atoms with Gasteiger partial charge in [-0.05, 0) is 60.1 Å². The van der Waals surface area contributed by atoms with Gasteiger partial charge < -0.3 is 14.0 Å². The van der Waals surface area contributed by atoms with Gasteiger partial charge in [0.05, 0.1) is 28.1 Å². The topological polar surface area (TPSA) is 56.7 Å². The molecule has 8 aromatic rings. The molecule has 50 heavy (non-hydrogen) atoms. The Morgan fingerprint density at radius 3 is 2.30 bits per heavy atom. The second-order valence-electron chi connectivity index (χ2n) is 12.7. The summed E-state index contributed by atoms with van der Waals surface area (Å²) in [6.07, 6.45) is 3.18. The minimum Gasteiger partial charge on any atom is -0.501 e. The van der Waals surface area contributed by atoms with E-state index in [-0.39, 0.29) is 31.5 Å². The van der Waals surface area contributed by atoms with Crippen molar-refractivity contribution in [2.75, 3.05) is 0 Å². The fourth-order valence-electron chi connectivity index (χ4n) is 6.27. The van der Waals surface area contributed by atoms with Gasteiger partial charge in [-0.2, -0.15) is 0 Å². The number of hydrogen-bond donors (Lipinski definition) is 0. The van der Waals surface area contributed by atoms with Gasteiger partial charge in [0, 0.05) is 53.5 Å². The molecule has 7 heteroatoms. The average molecular weight is 840 g/mol. The first kappa shape index (κ1) is 31.0. The van der Waals surface area contributed by atoms with Gasteiger partial charge in [0.25, 0.3) is 0 Å². The monoisotopic (exact) mass is 840 g/mol. The van der Waals surface area contributed by atoms with Crippen molar-refractivity contribution in [1.29, 1.82) is 0 Å². The summed E-state index contributed by atoms with van der Waals surface area (Å²) in [6, 6.07) is 34.3. The number of pyridine rings is 2. The largest absolute Gasteiger partial charge is 0.501 e. The van der Waals surface area contributed by atoms with Gasteiger partial charge in [-0.1, -0.05) is 87.2 Å². The Morgan fingerprint density at radius 1 is 0.840 bits per heavy atom. The molecule has 0 bridgehead atoms. The number of halogens is 1. The second-order valence-corrected chi connectivity index (χ2v) is 12.7. The maximum Gasteiger partial charge on any atom is 0.120 e. The number of nitrogens with zero attached hydrogens (tertiary/aromatic N) is 4. The summed E-state index contributed by atoms with van der Waals surface area (Å²) >= 11 is 0. The summed E-state index contributed by atoms with van der Waals surface area (Å²) in [4.78, 5) is 13.8. The van der Waals surface area contributed by atoms with Gasteiger partial charge in [-0.3, -0.25) is 14.4 Å². The molecule has 0 amide bonds. The standard InChI is InChI=1S/C31H28N3O.C12H9FN.Ir/c1-18(2)21-11-8-12-22(19(3)4)29(21)34-26-16-17-32-20(5)28(26)33-31(34)25-14-9-13-24-23-10-6-7-15-27(23)35-30(24)25;1-9-2-7-12(14-8-9)10-3-5-11(13)6-4-10;/h6-13,15-19H,1-5H3;2-3,5-8H,1H3;/q2*-1;/i;1D3;. The number of fused-ring (bicyclic) bond motifs is 4. The smallest absolute Gasteiger partial charge is 0.120 e. The first-order valence-corrected chi connectivity index (χ1v) is 16.4. The molecule has 0 aliphatic heterocycles.